The second-order valence-corrected chi connectivity index (χ2v) is 7.12. The molecule has 0 bridgehead atoms. The van der Waals surface area contributed by atoms with Crippen LogP contribution in [0, 0.1) is 12.7 Å². The molecule has 0 saturated carbocycles. The topological polar surface area (TPSA) is 78.2 Å². The molecule has 0 aliphatic carbocycles. The summed E-state index contributed by atoms with van der Waals surface area (Å²) in [6, 6.07) is 12.9. The average molecular weight is 533 g/mol. The number of fused-ring (bicyclic) bond motifs is 1. The molecule has 0 radical (unpaired) electrons. The van der Waals surface area contributed by atoms with E-state index in [1.54, 1.807) is 19.4 Å². The maximum Gasteiger partial charge on any atom is 0.226 e. The minimum absolute atomic E-state index is 0. The number of oxazole rings is 1. The van der Waals surface area contributed by atoms with Crippen LogP contribution < -0.4 is 10.6 Å². The molecule has 31 heavy (non-hydrogen) atoms. The van der Waals surface area contributed by atoms with Gasteiger partial charge in [-0.25, -0.2) is 9.37 Å². The number of benzene rings is 2. The Hall–Kier alpha value is -2.88. The van der Waals surface area contributed by atoms with Crippen molar-refractivity contribution in [2.24, 2.45) is 4.99 Å². The fourth-order valence-electron chi connectivity index (χ4n) is 3.29. The molecule has 0 saturated heterocycles. The van der Waals surface area contributed by atoms with E-state index in [9.17, 15) is 4.39 Å². The molecule has 162 valence electrons. The molecule has 3 N–H and O–H groups in total. The molecule has 0 fully saturated rings. The van der Waals surface area contributed by atoms with Crippen LogP contribution in [0.4, 0.5) is 4.39 Å². The van der Waals surface area contributed by atoms with E-state index < -0.39 is 0 Å². The van der Waals surface area contributed by atoms with Crippen LogP contribution in [0.15, 0.2) is 64.3 Å². The van der Waals surface area contributed by atoms with Crippen molar-refractivity contribution in [1.82, 2.24) is 20.6 Å². The Labute approximate surface area is 197 Å². The van der Waals surface area contributed by atoms with E-state index in [2.05, 4.69) is 25.6 Å². The number of guanidine groups is 1. The molecule has 4 aromatic rings. The van der Waals surface area contributed by atoms with E-state index in [0.717, 1.165) is 34.1 Å². The first kappa shape index (κ1) is 22.8. The van der Waals surface area contributed by atoms with Crippen LogP contribution in [-0.2, 0) is 13.0 Å². The SMILES string of the molecule is CN=C(NCCc1c[nH]c2cc(F)ccc12)NCc1coc(-c2ccc(C)cc2)n1.I. The van der Waals surface area contributed by atoms with Crippen molar-refractivity contribution in [3.63, 3.8) is 0 Å². The highest BCUT2D eigenvalue weighted by molar-refractivity contribution is 14.0. The number of aryl methyl sites for hydroxylation is 1. The zero-order valence-electron chi connectivity index (χ0n) is 17.4. The number of aromatic amines is 1. The number of halogens is 2. The molecular weight excluding hydrogens is 508 g/mol. The Kier molecular flexibility index (Phi) is 7.67. The molecule has 2 heterocycles. The highest BCUT2D eigenvalue weighted by Gasteiger charge is 2.08. The normalized spacial score (nSPS) is 11.4. The van der Waals surface area contributed by atoms with Gasteiger partial charge < -0.3 is 20.0 Å². The number of aliphatic imine (C=N–C) groups is 1. The lowest BCUT2D eigenvalue weighted by atomic mass is 10.1. The van der Waals surface area contributed by atoms with E-state index in [-0.39, 0.29) is 29.8 Å². The molecule has 0 spiro atoms. The zero-order valence-corrected chi connectivity index (χ0v) is 19.7. The summed E-state index contributed by atoms with van der Waals surface area (Å²) in [6.07, 6.45) is 4.36. The smallest absolute Gasteiger partial charge is 0.226 e. The molecule has 0 amide bonds. The summed E-state index contributed by atoms with van der Waals surface area (Å²) in [7, 11) is 1.73. The number of nitrogens with one attached hydrogen (secondary N) is 3. The van der Waals surface area contributed by atoms with Crippen LogP contribution in [0.1, 0.15) is 16.8 Å². The van der Waals surface area contributed by atoms with Gasteiger partial charge in [0.1, 0.15) is 12.1 Å². The maximum absolute atomic E-state index is 13.3. The van der Waals surface area contributed by atoms with Crippen LogP contribution >= 0.6 is 24.0 Å². The Bertz CT molecular complexity index is 1170. The first-order chi connectivity index (χ1) is 14.6. The van der Waals surface area contributed by atoms with E-state index >= 15 is 0 Å². The van der Waals surface area contributed by atoms with Gasteiger partial charge >= 0.3 is 0 Å². The predicted molar refractivity (Wildman–Crippen MR) is 132 cm³/mol. The molecule has 4 rings (SSSR count). The van der Waals surface area contributed by atoms with Crippen molar-refractivity contribution < 1.29 is 8.81 Å². The van der Waals surface area contributed by atoms with Crippen LogP contribution in [0.5, 0.6) is 0 Å². The van der Waals surface area contributed by atoms with Gasteiger partial charge in [0.2, 0.25) is 5.89 Å². The predicted octanol–water partition coefficient (Wildman–Crippen LogP) is 4.80. The van der Waals surface area contributed by atoms with Gasteiger partial charge in [0.25, 0.3) is 0 Å². The Morgan fingerprint density at radius 1 is 1.16 bits per heavy atom. The standard InChI is InChI=1S/C23H24FN5O.HI/c1-15-3-5-16(6-4-15)22-29-19(14-30-22)13-28-23(25-2)26-10-9-17-12-27-21-11-18(24)7-8-20(17)21;/h3-8,11-12,14,27H,9-10,13H2,1-2H3,(H2,25,26,28);1H. The third-order valence-electron chi connectivity index (χ3n) is 4.93. The maximum atomic E-state index is 13.3. The van der Waals surface area contributed by atoms with Crippen LogP contribution in [0.2, 0.25) is 0 Å². The zero-order chi connectivity index (χ0) is 20.9. The van der Waals surface area contributed by atoms with Crippen molar-refractivity contribution >= 4 is 40.8 Å². The first-order valence-electron chi connectivity index (χ1n) is 9.84. The molecular formula is C23H25FIN5O. The Morgan fingerprint density at radius 2 is 1.97 bits per heavy atom. The summed E-state index contributed by atoms with van der Waals surface area (Å²) in [4.78, 5) is 11.9. The lowest BCUT2D eigenvalue weighted by Gasteiger charge is -2.10. The lowest BCUT2D eigenvalue weighted by Crippen LogP contribution is -2.37. The molecule has 2 aromatic carbocycles. The summed E-state index contributed by atoms with van der Waals surface area (Å²) in [5.41, 5.74) is 4.89. The van der Waals surface area contributed by atoms with E-state index in [4.69, 9.17) is 4.42 Å². The quantitative estimate of drug-likeness (QED) is 0.189. The monoisotopic (exact) mass is 533 g/mol. The lowest BCUT2D eigenvalue weighted by molar-refractivity contribution is 0.572. The fraction of sp³-hybridized carbons (Fsp3) is 0.217. The van der Waals surface area contributed by atoms with Gasteiger partial charge in [0, 0.05) is 36.3 Å². The molecule has 0 aliphatic rings. The summed E-state index contributed by atoms with van der Waals surface area (Å²) < 4.78 is 18.9. The summed E-state index contributed by atoms with van der Waals surface area (Å²) in [5, 5.41) is 7.57. The highest BCUT2D eigenvalue weighted by atomic mass is 127. The largest absolute Gasteiger partial charge is 0.444 e. The number of H-pyrrole nitrogens is 1. The molecule has 2 aromatic heterocycles. The second kappa shape index (κ2) is 10.4. The number of hydrogen-bond donors (Lipinski definition) is 3. The van der Waals surface area contributed by atoms with Crippen molar-refractivity contribution in [3.8, 4) is 11.5 Å². The minimum atomic E-state index is -0.239. The number of aromatic nitrogens is 2. The van der Waals surface area contributed by atoms with Gasteiger partial charge in [-0.15, -0.1) is 24.0 Å². The van der Waals surface area contributed by atoms with E-state index in [1.807, 2.05) is 37.4 Å². The summed E-state index contributed by atoms with van der Waals surface area (Å²) in [6.45, 7) is 3.24. The van der Waals surface area contributed by atoms with Gasteiger partial charge in [-0.05, 0) is 49.2 Å². The average Bonchev–Trinajstić information content (AvgIpc) is 3.38. The third kappa shape index (κ3) is 5.63. The summed E-state index contributed by atoms with van der Waals surface area (Å²) in [5.74, 6) is 1.04. The van der Waals surface area contributed by atoms with Crippen molar-refractivity contribution in [1.29, 1.82) is 0 Å². The van der Waals surface area contributed by atoms with Gasteiger partial charge in [-0.2, -0.15) is 0 Å². The van der Waals surface area contributed by atoms with Crippen LogP contribution in [0.3, 0.4) is 0 Å². The summed E-state index contributed by atoms with van der Waals surface area (Å²) >= 11 is 0. The van der Waals surface area contributed by atoms with Gasteiger partial charge in [-0.3, -0.25) is 4.99 Å². The minimum Gasteiger partial charge on any atom is -0.444 e. The Morgan fingerprint density at radius 3 is 2.74 bits per heavy atom. The Balaban J connectivity index is 0.00000272. The second-order valence-electron chi connectivity index (χ2n) is 7.12. The highest BCUT2D eigenvalue weighted by Crippen LogP contribution is 2.20. The van der Waals surface area contributed by atoms with E-state index in [0.29, 0.717) is 24.9 Å². The van der Waals surface area contributed by atoms with Crippen molar-refractivity contribution in [2.45, 2.75) is 19.9 Å². The number of nitrogens with zero attached hydrogens (tertiary/aromatic N) is 2. The molecule has 0 atom stereocenters. The number of hydrogen-bond acceptors (Lipinski definition) is 3. The van der Waals surface area contributed by atoms with Gasteiger partial charge in [0.05, 0.1) is 12.2 Å². The van der Waals surface area contributed by atoms with Crippen molar-refractivity contribution in [2.75, 3.05) is 13.6 Å². The van der Waals surface area contributed by atoms with Crippen LogP contribution in [-0.4, -0.2) is 29.5 Å². The van der Waals surface area contributed by atoms with E-state index in [1.165, 1.54) is 17.7 Å². The van der Waals surface area contributed by atoms with Crippen LogP contribution in [0.25, 0.3) is 22.4 Å². The fourth-order valence-corrected chi connectivity index (χ4v) is 3.29. The molecule has 6 nitrogen and oxygen atoms in total. The first-order valence-corrected chi connectivity index (χ1v) is 9.84. The van der Waals surface area contributed by atoms with Crippen molar-refractivity contribution in [3.05, 3.63) is 77.6 Å². The molecule has 8 heteroatoms. The molecule has 0 aliphatic heterocycles. The van der Waals surface area contributed by atoms with Gasteiger partial charge in [0.15, 0.2) is 5.96 Å². The molecule has 0 unspecified atom stereocenters. The van der Waals surface area contributed by atoms with Gasteiger partial charge in [-0.1, -0.05) is 17.7 Å². The number of rotatable bonds is 6. The third-order valence-corrected chi connectivity index (χ3v) is 4.93.